The number of aryl methyl sites for hydroxylation is 1. The number of aromatic nitrogens is 4. The first-order valence-corrected chi connectivity index (χ1v) is 12.3. The van der Waals surface area contributed by atoms with Gasteiger partial charge in [-0.15, -0.1) is 0 Å². The van der Waals surface area contributed by atoms with Crippen molar-refractivity contribution >= 4 is 21.5 Å². The van der Waals surface area contributed by atoms with Gasteiger partial charge in [-0.05, 0) is 24.1 Å². The largest absolute Gasteiger partial charge is 0.439 e. The Hall–Kier alpha value is -3.34. The maximum Gasteiger partial charge on any atom is 0.267 e. The predicted octanol–water partition coefficient (Wildman–Crippen LogP) is 5.67. The second-order valence-corrected chi connectivity index (χ2v) is 9.46. The molecule has 0 fully saturated rings. The maximum atomic E-state index is 13.6. The Labute approximate surface area is 199 Å². The van der Waals surface area contributed by atoms with E-state index in [2.05, 4.69) is 33.6 Å². The molecule has 1 aliphatic rings. The average molecular weight is 494 g/mol. The van der Waals surface area contributed by atoms with E-state index in [1.807, 2.05) is 6.07 Å². The molecule has 11 heteroatoms. The smallest absolute Gasteiger partial charge is 0.267 e. The van der Waals surface area contributed by atoms with Gasteiger partial charge in [-0.25, -0.2) is 26.9 Å². The molecular weight excluding hydrogens is 464 g/mol. The zero-order valence-electron chi connectivity index (χ0n) is 19.2. The summed E-state index contributed by atoms with van der Waals surface area (Å²) in [5.41, 5.74) is 0.897. The SMILES string of the molecule is CCC.Cn1cc(S(=O)(=O)Nc2nc(Oc3ccccc3)cc(C3=CCC(F)(F)CC3)n2)cn1.[HH]. The molecule has 34 heavy (non-hydrogen) atoms. The number of anilines is 1. The number of hydrogen-bond acceptors (Lipinski definition) is 6. The second kappa shape index (κ2) is 10.7. The number of halogens is 2. The normalized spacial score (nSPS) is 15.0. The van der Waals surface area contributed by atoms with Gasteiger partial charge in [0, 0.05) is 33.6 Å². The van der Waals surface area contributed by atoms with Gasteiger partial charge in [0.05, 0.1) is 11.9 Å². The Morgan fingerprint density at radius 3 is 2.50 bits per heavy atom. The van der Waals surface area contributed by atoms with Gasteiger partial charge in [0.1, 0.15) is 10.6 Å². The first-order valence-electron chi connectivity index (χ1n) is 10.8. The van der Waals surface area contributed by atoms with Crippen molar-refractivity contribution in [2.45, 2.75) is 50.3 Å². The molecule has 0 amide bonds. The fraction of sp³-hybridized carbons (Fsp3) is 0.348. The van der Waals surface area contributed by atoms with Crippen LogP contribution in [0.3, 0.4) is 0 Å². The lowest BCUT2D eigenvalue weighted by molar-refractivity contribution is -0.00605. The van der Waals surface area contributed by atoms with Gasteiger partial charge in [0.25, 0.3) is 15.9 Å². The molecule has 4 rings (SSSR count). The highest BCUT2D eigenvalue weighted by molar-refractivity contribution is 7.92. The molecule has 0 atom stereocenters. The Kier molecular flexibility index (Phi) is 7.98. The fourth-order valence-electron chi connectivity index (χ4n) is 3.04. The summed E-state index contributed by atoms with van der Waals surface area (Å²) in [4.78, 5) is 8.32. The summed E-state index contributed by atoms with van der Waals surface area (Å²) in [5, 5.41) is 3.85. The number of nitrogens with zero attached hydrogens (tertiary/aromatic N) is 4. The minimum Gasteiger partial charge on any atom is -0.439 e. The van der Waals surface area contributed by atoms with E-state index in [0.29, 0.717) is 17.0 Å². The van der Waals surface area contributed by atoms with E-state index in [1.54, 1.807) is 31.3 Å². The van der Waals surface area contributed by atoms with Gasteiger partial charge in [0.2, 0.25) is 11.8 Å². The van der Waals surface area contributed by atoms with Crippen molar-refractivity contribution in [2.24, 2.45) is 7.05 Å². The molecule has 0 radical (unpaired) electrons. The number of sulfonamides is 1. The number of alkyl halides is 2. The third kappa shape index (κ3) is 6.83. The van der Waals surface area contributed by atoms with Crippen molar-refractivity contribution in [1.29, 1.82) is 0 Å². The van der Waals surface area contributed by atoms with Gasteiger partial charge < -0.3 is 4.74 Å². The van der Waals surface area contributed by atoms with Crippen LogP contribution < -0.4 is 9.46 Å². The van der Waals surface area contributed by atoms with E-state index in [9.17, 15) is 17.2 Å². The number of para-hydroxylation sites is 1. The number of ether oxygens (including phenoxy) is 1. The molecule has 0 saturated heterocycles. The number of nitrogens with one attached hydrogen (secondary N) is 1. The van der Waals surface area contributed by atoms with E-state index in [4.69, 9.17) is 4.74 Å². The zero-order chi connectivity index (χ0) is 24.8. The Bertz CT molecular complexity index is 1250. The van der Waals surface area contributed by atoms with Crippen molar-refractivity contribution in [1.82, 2.24) is 19.7 Å². The third-order valence-corrected chi connectivity index (χ3v) is 5.90. The summed E-state index contributed by atoms with van der Waals surface area (Å²) in [7, 11) is -2.41. The van der Waals surface area contributed by atoms with Gasteiger partial charge in [-0.2, -0.15) is 10.1 Å². The molecule has 8 nitrogen and oxygen atoms in total. The van der Waals surface area contributed by atoms with Gasteiger partial charge >= 0.3 is 0 Å². The summed E-state index contributed by atoms with van der Waals surface area (Å²) in [5.74, 6) is -2.42. The molecule has 1 aliphatic carbocycles. The van der Waals surface area contributed by atoms with E-state index >= 15 is 0 Å². The van der Waals surface area contributed by atoms with Crippen LogP contribution in [0.25, 0.3) is 5.57 Å². The Morgan fingerprint density at radius 2 is 1.91 bits per heavy atom. The number of hydrogen-bond donors (Lipinski definition) is 1. The molecule has 184 valence electrons. The molecule has 1 aromatic carbocycles. The van der Waals surface area contributed by atoms with Crippen molar-refractivity contribution in [3.05, 3.63) is 60.6 Å². The zero-order valence-corrected chi connectivity index (χ0v) is 20.0. The second-order valence-electron chi connectivity index (χ2n) is 7.78. The molecule has 0 bridgehead atoms. The summed E-state index contributed by atoms with van der Waals surface area (Å²) < 4.78 is 61.8. The molecule has 0 unspecified atom stereocenters. The Balaban J connectivity index is 0.00000103. The van der Waals surface area contributed by atoms with E-state index < -0.39 is 22.4 Å². The summed E-state index contributed by atoms with van der Waals surface area (Å²) in [6.07, 6.45) is 4.58. The molecule has 0 saturated carbocycles. The van der Waals surface area contributed by atoms with E-state index in [0.717, 1.165) is 0 Å². The monoisotopic (exact) mass is 493 g/mol. The van der Waals surface area contributed by atoms with Gasteiger partial charge in [-0.1, -0.05) is 44.5 Å². The van der Waals surface area contributed by atoms with E-state index in [1.165, 1.54) is 35.6 Å². The van der Waals surface area contributed by atoms with Crippen LogP contribution in [0.2, 0.25) is 0 Å². The molecule has 2 aromatic heterocycles. The van der Waals surface area contributed by atoms with Gasteiger partial charge in [0.15, 0.2) is 0 Å². The quantitative estimate of drug-likeness (QED) is 0.475. The lowest BCUT2D eigenvalue weighted by atomic mass is 9.94. The van der Waals surface area contributed by atoms with Crippen LogP contribution >= 0.6 is 0 Å². The lowest BCUT2D eigenvalue weighted by Gasteiger charge is -2.21. The summed E-state index contributed by atoms with van der Waals surface area (Å²) in [6.45, 7) is 4.25. The number of benzene rings is 1. The number of rotatable bonds is 6. The van der Waals surface area contributed by atoms with Crippen molar-refractivity contribution in [3.63, 3.8) is 0 Å². The minimum absolute atomic E-state index is 0. The molecule has 2 heterocycles. The lowest BCUT2D eigenvalue weighted by Crippen LogP contribution is -2.19. The fourth-order valence-corrected chi connectivity index (χ4v) is 3.97. The first-order chi connectivity index (χ1) is 16.1. The summed E-state index contributed by atoms with van der Waals surface area (Å²) in [6, 6.07) is 10.3. The summed E-state index contributed by atoms with van der Waals surface area (Å²) >= 11 is 0. The van der Waals surface area contributed by atoms with E-state index in [-0.39, 0.29) is 31.0 Å². The predicted molar refractivity (Wildman–Crippen MR) is 127 cm³/mol. The van der Waals surface area contributed by atoms with Crippen LogP contribution in [0.5, 0.6) is 11.6 Å². The number of allylic oxidation sites excluding steroid dienone is 2. The van der Waals surface area contributed by atoms with Crippen LogP contribution in [0.4, 0.5) is 14.7 Å². The first kappa shape index (κ1) is 25.3. The molecule has 1 N–H and O–H groups in total. The maximum absolute atomic E-state index is 13.6. The van der Waals surface area contributed by atoms with Crippen molar-refractivity contribution in [2.75, 3.05) is 4.72 Å². The van der Waals surface area contributed by atoms with Gasteiger partial charge in [-0.3, -0.25) is 4.68 Å². The van der Waals surface area contributed by atoms with Crippen LogP contribution in [0, 0.1) is 0 Å². The topological polar surface area (TPSA) is 99.0 Å². The average Bonchev–Trinajstić information content (AvgIpc) is 3.22. The van der Waals surface area contributed by atoms with Crippen molar-refractivity contribution < 1.29 is 23.4 Å². The molecular formula is C23H29F2N5O3S. The molecule has 3 aromatic rings. The highest BCUT2D eigenvalue weighted by atomic mass is 32.2. The molecule has 0 spiro atoms. The Morgan fingerprint density at radius 1 is 1.21 bits per heavy atom. The van der Waals surface area contributed by atoms with Crippen molar-refractivity contribution in [3.8, 4) is 11.6 Å². The highest BCUT2D eigenvalue weighted by Gasteiger charge is 2.31. The minimum atomic E-state index is -4.00. The third-order valence-electron chi connectivity index (χ3n) is 4.62. The van der Waals surface area contributed by atoms with Crippen LogP contribution in [-0.4, -0.2) is 34.1 Å². The van der Waals surface area contributed by atoms with Crippen LogP contribution in [0.15, 0.2) is 59.8 Å². The van der Waals surface area contributed by atoms with Crippen LogP contribution in [-0.2, 0) is 17.1 Å². The van der Waals surface area contributed by atoms with Crippen LogP contribution in [0.1, 0.15) is 46.7 Å². The standard InChI is InChI=1S/C20H19F2N5O3S.C3H8.H2/c1-27-13-16(12-23-27)31(28,29)26-19-24-17(14-7-9-20(21,22)10-8-14)11-18(25-19)30-15-5-3-2-4-6-15;1-3-2;/h2-7,11-13H,8-10H2,1H3,(H,24,25,26);3H2,1-2H3;1H. The highest BCUT2D eigenvalue weighted by Crippen LogP contribution is 2.37. The molecule has 0 aliphatic heterocycles.